The number of aromatic nitrogens is 1. The summed E-state index contributed by atoms with van der Waals surface area (Å²) in [5.74, 6) is 0. The van der Waals surface area contributed by atoms with Crippen LogP contribution in [0.4, 0.5) is 5.69 Å². The van der Waals surface area contributed by atoms with Gasteiger partial charge in [0.15, 0.2) is 0 Å². The maximum Gasteiger partial charge on any atom is 0.244 e. The fraction of sp³-hybridized carbons (Fsp3) is 0.615. The van der Waals surface area contributed by atoms with Crippen LogP contribution in [0.5, 0.6) is 0 Å². The second-order valence-electron chi connectivity index (χ2n) is 4.63. The van der Waals surface area contributed by atoms with Crippen LogP contribution in [0, 0.1) is 0 Å². The molecule has 1 heterocycles. The number of hydrogen-bond acceptors (Lipinski definition) is 5. The Bertz CT molecular complexity index is 515. The first-order valence-corrected chi connectivity index (χ1v) is 8.29. The number of hydrogen-bond donors (Lipinski definition) is 2. The Hall–Kier alpha value is -1.18. The molecule has 1 rings (SSSR count). The lowest BCUT2D eigenvalue weighted by Gasteiger charge is -2.23. The molecular formula is C13H24N4O2S. The van der Waals surface area contributed by atoms with Crippen molar-refractivity contribution in [2.24, 2.45) is 0 Å². The zero-order valence-electron chi connectivity index (χ0n) is 12.5. The highest BCUT2D eigenvalue weighted by Crippen LogP contribution is 2.18. The van der Waals surface area contributed by atoms with Gasteiger partial charge in [-0.25, -0.2) is 13.1 Å². The Morgan fingerprint density at radius 3 is 2.55 bits per heavy atom. The Balaban J connectivity index is 2.84. The molecule has 7 heteroatoms. The molecule has 0 saturated heterocycles. The highest BCUT2D eigenvalue weighted by atomic mass is 32.2. The molecular weight excluding hydrogens is 276 g/mol. The molecule has 0 aliphatic heterocycles. The van der Waals surface area contributed by atoms with E-state index in [-0.39, 0.29) is 10.9 Å². The van der Waals surface area contributed by atoms with E-state index in [1.807, 2.05) is 6.92 Å². The third kappa shape index (κ3) is 4.43. The molecule has 2 N–H and O–H groups in total. The molecule has 1 unspecified atom stereocenters. The summed E-state index contributed by atoms with van der Waals surface area (Å²) in [4.78, 5) is 6.24. The van der Waals surface area contributed by atoms with Crippen LogP contribution in [0.3, 0.4) is 0 Å². The van der Waals surface area contributed by atoms with E-state index in [2.05, 4.69) is 33.8 Å². The normalized spacial score (nSPS) is 13.4. The number of sulfonamides is 1. The van der Waals surface area contributed by atoms with Gasteiger partial charge in [-0.1, -0.05) is 13.8 Å². The molecule has 1 aromatic rings. The molecule has 0 radical (unpaired) electrons. The Morgan fingerprint density at radius 2 is 2.00 bits per heavy atom. The monoisotopic (exact) mass is 300 g/mol. The average molecular weight is 300 g/mol. The summed E-state index contributed by atoms with van der Waals surface area (Å²) < 4.78 is 27.4. The summed E-state index contributed by atoms with van der Waals surface area (Å²) in [7, 11) is -1.88. The summed E-state index contributed by atoms with van der Waals surface area (Å²) in [6, 6.07) is 1.48. The fourth-order valence-electron chi connectivity index (χ4n) is 2.04. The van der Waals surface area contributed by atoms with Crippen LogP contribution in [0.15, 0.2) is 23.4 Å². The first-order valence-electron chi connectivity index (χ1n) is 6.81. The summed E-state index contributed by atoms with van der Waals surface area (Å²) in [6.07, 6.45) is 2.92. The Morgan fingerprint density at radius 1 is 1.35 bits per heavy atom. The van der Waals surface area contributed by atoms with Crippen molar-refractivity contribution in [1.82, 2.24) is 14.6 Å². The first-order chi connectivity index (χ1) is 9.44. The van der Waals surface area contributed by atoms with Crippen LogP contribution in [0.2, 0.25) is 0 Å². The van der Waals surface area contributed by atoms with Gasteiger partial charge in [-0.3, -0.25) is 4.98 Å². The van der Waals surface area contributed by atoms with Gasteiger partial charge >= 0.3 is 0 Å². The predicted molar refractivity (Wildman–Crippen MR) is 81.4 cm³/mol. The van der Waals surface area contributed by atoms with E-state index in [1.165, 1.54) is 6.20 Å². The zero-order valence-corrected chi connectivity index (χ0v) is 13.4. The summed E-state index contributed by atoms with van der Waals surface area (Å²) in [5.41, 5.74) is 0.544. The summed E-state index contributed by atoms with van der Waals surface area (Å²) in [5, 5.41) is 2.87. The van der Waals surface area contributed by atoms with Gasteiger partial charge in [0.25, 0.3) is 0 Å². The van der Waals surface area contributed by atoms with Gasteiger partial charge in [0.2, 0.25) is 10.0 Å². The molecule has 0 aliphatic carbocycles. The number of nitrogens with zero attached hydrogens (tertiary/aromatic N) is 2. The van der Waals surface area contributed by atoms with Crippen molar-refractivity contribution >= 4 is 15.7 Å². The lowest BCUT2D eigenvalue weighted by molar-refractivity contribution is 0.282. The molecule has 0 aromatic carbocycles. The molecule has 0 saturated carbocycles. The van der Waals surface area contributed by atoms with Crippen LogP contribution in [0.1, 0.15) is 20.8 Å². The Kier molecular flexibility index (Phi) is 6.38. The van der Waals surface area contributed by atoms with Crippen LogP contribution >= 0.6 is 0 Å². The zero-order chi connectivity index (χ0) is 15.2. The quantitative estimate of drug-likeness (QED) is 0.753. The van der Waals surface area contributed by atoms with Crippen LogP contribution < -0.4 is 10.0 Å². The van der Waals surface area contributed by atoms with Gasteiger partial charge in [0, 0.05) is 32.0 Å². The lowest BCUT2D eigenvalue weighted by Crippen LogP contribution is -2.42. The number of anilines is 1. The van der Waals surface area contributed by atoms with Crippen molar-refractivity contribution in [2.45, 2.75) is 31.7 Å². The van der Waals surface area contributed by atoms with Crippen LogP contribution in [0.25, 0.3) is 0 Å². The molecule has 0 aliphatic rings. The smallest absolute Gasteiger partial charge is 0.244 e. The molecule has 114 valence electrons. The topological polar surface area (TPSA) is 74.3 Å². The van der Waals surface area contributed by atoms with E-state index >= 15 is 0 Å². The fourth-order valence-corrected chi connectivity index (χ4v) is 3.43. The maximum absolute atomic E-state index is 12.4. The number of nitrogens with one attached hydrogen (secondary N) is 2. The Labute approximate surface area is 121 Å². The lowest BCUT2D eigenvalue weighted by atomic mass is 10.3. The van der Waals surface area contributed by atoms with Crippen molar-refractivity contribution < 1.29 is 8.42 Å². The van der Waals surface area contributed by atoms with E-state index in [1.54, 1.807) is 19.3 Å². The van der Waals surface area contributed by atoms with Crippen molar-refractivity contribution in [2.75, 3.05) is 32.0 Å². The highest BCUT2D eigenvalue weighted by molar-refractivity contribution is 7.89. The predicted octanol–water partition coefficient (Wildman–Crippen LogP) is 1.13. The number of likely N-dealkylation sites (N-methyl/N-ethyl adjacent to an activating group) is 1. The summed E-state index contributed by atoms with van der Waals surface area (Å²) >= 11 is 0. The first kappa shape index (κ1) is 16.9. The van der Waals surface area contributed by atoms with Crippen LogP contribution in [-0.4, -0.2) is 51.0 Å². The van der Waals surface area contributed by atoms with Gasteiger partial charge < -0.3 is 10.2 Å². The van der Waals surface area contributed by atoms with Crippen molar-refractivity contribution in [3.8, 4) is 0 Å². The third-order valence-electron chi connectivity index (χ3n) is 3.13. The van der Waals surface area contributed by atoms with Crippen LogP contribution in [-0.2, 0) is 10.0 Å². The third-order valence-corrected chi connectivity index (χ3v) is 4.74. The maximum atomic E-state index is 12.4. The van der Waals surface area contributed by atoms with Gasteiger partial charge in [-0.15, -0.1) is 0 Å². The van der Waals surface area contributed by atoms with Gasteiger partial charge in [-0.2, -0.15) is 0 Å². The standard InChI is InChI=1S/C13H24N4O2S/c1-5-17(6-2)10-11(3)16-20(18,19)13-9-15-8-7-12(13)14-4/h7-9,11,16H,5-6,10H2,1-4H3,(H,14,15). The van der Waals surface area contributed by atoms with E-state index < -0.39 is 10.0 Å². The molecule has 0 spiro atoms. The molecule has 0 amide bonds. The number of pyridine rings is 1. The molecule has 1 atom stereocenters. The minimum absolute atomic E-state index is 0.162. The van der Waals surface area contributed by atoms with E-state index in [4.69, 9.17) is 0 Å². The molecule has 1 aromatic heterocycles. The van der Waals surface area contributed by atoms with E-state index in [0.29, 0.717) is 12.2 Å². The molecule has 0 bridgehead atoms. The minimum atomic E-state index is -3.57. The average Bonchev–Trinajstić information content (AvgIpc) is 2.44. The van der Waals surface area contributed by atoms with Crippen molar-refractivity contribution in [3.63, 3.8) is 0 Å². The van der Waals surface area contributed by atoms with Gasteiger partial charge in [0.05, 0.1) is 5.69 Å². The summed E-state index contributed by atoms with van der Waals surface area (Å²) in [6.45, 7) is 8.47. The molecule has 6 nitrogen and oxygen atoms in total. The van der Waals surface area contributed by atoms with Crippen molar-refractivity contribution in [3.05, 3.63) is 18.5 Å². The number of rotatable bonds is 8. The highest BCUT2D eigenvalue weighted by Gasteiger charge is 2.21. The largest absolute Gasteiger partial charge is 0.387 e. The van der Waals surface area contributed by atoms with Gasteiger partial charge in [-0.05, 0) is 26.1 Å². The van der Waals surface area contributed by atoms with E-state index in [0.717, 1.165) is 13.1 Å². The second-order valence-corrected chi connectivity index (χ2v) is 6.31. The van der Waals surface area contributed by atoms with Gasteiger partial charge in [0.1, 0.15) is 4.90 Å². The van der Waals surface area contributed by atoms with E-state index in [9.17, 15) is 8.42 Å². The second kappa shape index (κ2) is 7.56. The molecule has 0 fully saturated rings. The SMILES string of the molecule is CCN(CC)CC(C)NS(=O)(=O)c1cnccc1NC. The molecule has 20 heavy (non-hydrogen) atoms. The minimum Gasteiger partial charge on any atom is -0.387 e. The van der Waals surface area contributed by atoms with Crippen molar-refractivity contribution in [1.29, 1.82) is 0 Å².